The molecule has 0 unspecified atom stereocenters. The molecule has 0 spiro atoms. The summed E-state index contributed by atoms with van der Waals surface area (Å²) in [5.41, 5.74) is 0.826. The number of anilines is 1. The third kappa shape index (κ3) is 2.79. The summed E-state index contributed by atoms with van der Waals surface area (Å²) in [4.78, 5) is 11.7. The predicted octanol–water partition coefficient (Wildman–Crippen LogP) is 1.60. The maximum absolute atomic E-state index is 11.7. The SMILES string of the molecule is CCn1cc(NC(=O)c2ccc(Cl)nn2)cn1. The molecular formula is C10H10ClN5O. The Morgan fingerprint density at radius 1 is 1.47 bits per heavy atom. The first kappa shape index (κ1) is 11.5. The van der Waals surface area contributed by atoms with Crippen molar-refractivity contribution in [1.29, 1.82) is 0 Å². The second-order valence-electron chi connectivity index (χ2n) is 3.28. The molecule has 1 amide bonds. The van der Waals surface area contributed by atoms with E-state index in [-0.39, 0.29) is 16.8 Å². The molecule has 0 aliphatic rings. The fourth-order valence-corrected chi connectivity index (χ4v) is 1.33. The van der Waals surface area contributed by atoms with Crippen LogP contribution in [0.3, 0.4) is 0 Å². The number of carbonyl (C=O) groups is 1. The molecule has 0 saturated carbocycles. The topological polar surface area (TPSA) is 72.7 Å². The zero-order valence-corrected chi connectivity index (χ0v) is 9.85. The van der Waals surface area contributed by atoms with E-state index in [1.165, 1.54) is 12.1 Å². The summed E-state index contributed by atoms with van der Waals surface area (Å²) in [6, 6.07) is 3.02. The number of halogens is 1. The standard InChI is InChI=1S/C10H10ClN5O/c1-2-16-6-7(5-12-16)13-10(17)8-3-4-9(11)15-14-8/h3-6H,2H2,1H3,(H,13,17). The minimum absolute atomic E-state index is 0.207. The summed E-state index contributed by atoms with van der Waals surface area (Å²) in [6.07, 6.45) is 3.31. The minimum Gasteiger partial charge on any atom is -0.318 e. The molecule has 2 rings (SSSR count). The molecule has 0 radical (unpaired) electrons. The summed E-state index contributed by atoms with van der Waals surface area (Å²) in [6.45, 7) is 2.71. The van der Waals surface area contributed by atoms with Gasteiger partial charge in [0, 0.05) is 12.7 Å². The van der Waals surface area contributed by atoms with Gasteiger partial charge in [-0.05, 0) is 19.1 Å². The normalized spacial score (nSPS) is 10.2. The van der Waals surface area contributed by atoms with Crippen molar-refractivity contribution in [3.05, 3.63) is 35.4 Å². The molecule has 2 heterocycles. The van der Waals surface area contributed by atoms with E-state index in [9.17, 15) is 4.79 Å². The van der Waals surface area contributed by atoms with Crippen molar-refractivity contribution in [2.75, 3.05) is 5.32 Å². The average molecular weight is 252 g/mol. The first-order valence-electron chi connectivity index (χ1n) is 5.02. The molecule has 88 valence electrons. The van der Waals surface area contributed by atoms with Crippen molar-refractivity contribution in [2.24, 2.45) is 0 Å². The van der Waals surface area contributed by atoms with E-state index in [0.29, 0.717) is 5.69 Å². The predicted molar refractivity (Wildman–Crippen MR) is 62.9 cm³/mol. The van der Waals surface area contributed by atoms with E-state index < -0.39 is 0 Å². The van der Waals surface area contributed by atoms with Crippen LogP contribution in [0.2, 0.25) is 5.15 Å². The lowest BCUT2D eigenvalue weighted by Gasteiger charge is -2.00. The monoisotopic (exact) mass is 251 g/mol. The van der Waals surface area contributed by atoms with Gasteiger partial charge < -0.3 is 5.32 Å². The van der Waals surface area contributed by atoms with E-state index in [0.717, 1.165) is 6.54 Å². The molecule has 7 heteroatoms. The van der Waals surface area contributed by atoms with Gasteiger partial charge in [-0.2, -0.15) is 5.10 Å². The fraction of sp³-hybridized carbons (Fsp3) is 0.200. The van der Waals surface area contributed by atoms with Gasteiger partial charge in [0.2, 0.25) is 0 Å². The molecular weight excluding hydrogens is 242 g/mol. The Labute approximate surface area is 103 Å². The van der Waals surface area contributed by atoms with E-state index in [2.05, 4.69) is 20.6 Å². The molecule has 0 saturated heterocycles. The second-order valence-corrected chi connectivity index (χ2v) is 3.67. The largest absolute Gasteiger partial charge is 0.318 e. The van der Waals surface area contributed by atoms with Crippen LogP contribution in [0.15, 0.2) is 24.5 Å². The lowest BCUT2D eigenvalue weighted by atomic mass is 10.3. The Morgan fingerprint density at radius 3 is 2.88 bits per heavy atom. The Morgan fingerprint density at radius 2 is 2.29 bits per heavy atom. The third-order valence-corrected chi connectivity index (χ3v) is 2.28. The molecule has 1 N–H and O–H groups in total. The third-order valence-electron chi connectivity index (χ3n) is 2.08. The molecule has 0 aromatic carbocycles. The van der Waals surface area contributed by atoms with Crippen LogP contribution in [0, 0.1) is 0 Å². The molecule has 0 fully saturated rings. The highest BCUT2D eigenvalue weighted by Crippen LogP contribution is 2.08. The van der Waals surface area contributed by atoms with Crippen LogP contribution < -0.4 is 5.32 Å². The number of amides is 1. The Kier molecular flexibility index (Phi) is 3.34. The Hall–Kier alpha value is -1.95. The number of rotatable bonds is 3. The summed E-state index contributed by atoms with van der Waals surface area (Å²) in [5, 5.41) is 14.2. The van der Waals surface area contributed by atoms with Crippen molar-refractivity contribution in [1.82, 2.24) is 20.0 Å². The highest BCUT2D eigenvalue weighted by atomic mass is 35.5. The van der Waals surface area contributed by atoms with Gasteiger partial charge in [-0.15, -0.1) is 10.2 Å². The molecule has 6 nitrogen and oxygen atoms in total. The molecule has 2 aromatic rings. The van der Waals surface area contributed by atoms with Crippen molar-refractivity contribution in [3.8, 4) is 0 Å². The van der Waals surface area contributed by atoms with Crippen LogP contribution in [0.4, 0.5) is 5.69 Å². The van der Waals surface area contributed by atoms with Crippen molar-refractivity contribution >= 4 is 23.2 Å². The smallest absolute Gasteiger partial charge is 0.276 e. The number of nitrogens with one attached hydrogen (secondary N) is 1. The number of nitrogens with zero attached hydrogens (tertiary/aromatic N) is 4. The van der Waals surface area contributed by atoms with Gasteiger partial charge in [-0.3, -0.25) is 9.48 Å². The van der Waals surface area contributed by atoms with Crippen LogP contribution in [-0.4, -0.2) is 25.9 Å². The highest BCUT2D eigenvalue weighted by molar-refractivity contribution is 6.29. The lowest BCUT2D eigenvalue weighted by Crippen LogP contribution is -2.13. The van der Waals surface area contributed by atoms with Gasteiger partial charge in [-0.25, -0.2) is 0 Å². The molecule has 2 aromatic heterocycles. The van der Waals surface area contributed by atoms with Crippen molar-refractivity contribution < 1.29 is 4.79 Å². The maximum atomic E-state index is 11.7. The van der Waals surface area contributed by atoms with Gasteiger partial charge >= 0.3 is 0 Å². The first-order chi connectivity index (χ1) is 8.19. The molecule has 0 bridgehead atoms. The zero-order chi connectivity index (χ0) is 12.3. The van der Waals surface area contributed by atoms with E-state index in [1.807, 2.05) is 6.92 Å². The van der Waals surface area contributed by atoms with Crippen LogP contribution in [0.25, 0.3) is 0 Å². The van der Waals surface area contributed by atoms with Crippen molar-refractivity contribution in [2.45, 2.75) is 13.5 Å². The number of aromatic nitrogens is 4. The summed E-state index contributed by atoms with van der Waals surface area (Å²) in [5.74, 6) is -0.343. The average Bonchev–Trinajstić information content (AvgIpc) is 2.77. The van der Waals surface area contributed by atoms with Crippen molar-refractivity contribution in [3.63, 3.8) is 0 Å². The maximum Gasteiger partial charge on any atom is 0.276 e. The quantitative estimate of drug-likeness (QED) is 0.899. The fourth-order valence-electron chi connectivity index (χ4n) is 1.23. The summed E-state index contributed by atoms with van der Waals surface area (Å²) >= 11 is 5.58. The second kappa shape index (κ2) is 4.92. The Bertz CT molecular complexity index is 522. The van der Waals surface area contributed by atoms with Crippen LogP contribution in [0.1, 0.15) is 17.4 Å². The van der Waals surface area contributed by atoms with Gasteiger partial charge in [0.25, 0.3) is 5.91 Å². The number of hydrogen-bond acceptors (Lipinski definition) is 4. The van der Waals surface area contributed by atoms with E-state index >= 15 is 0 Å². The summed E-state index contributed by atoms with van der Waals surface area (Å²) in [7, 11) is 0. The molecule has 0 aliphatic carbocycles. The van der Waals surface area contributed by atoms with Crippen LogP contribution in [0.5, 0.6) is 0 Å². The van der Waals surface area contributed by atoms with Gasteiger partial charge in [0.1, 0.15) is 0 Å². The van der Waals surface area contributed by atoms with Gasteiger partial charge in [-0.1, -0.05) is 11.6 Å². The number of aryl methyl sites for hydroxylation is 1. The minimum atomic E-state index is -0.343. The Balaban J connectivity index is 2.08. The molecule has 0 atom stereocenters. The number of carbonyl (C=O) groups excluding carboxylic acids is 1. The van der Waals surface area contributed by atoms with E-state index in [4.69, 9.17) is 11.6 Å². The van der Waals surface area contributed by atoms with Gasteiger partial charge in [0.05, 0.1) is 11.9 Å². The van der Waals surface area contributed by atoms with Gasteiger partial charge in [0.15, 0.2) is 10.8 Å². The first-order valence-corrected chi connectivity index (χ1v) is 5.40. The van der Waals surface area contributed by atoms with Crippen LogP contribution in [-0.2, 0) is 6.54 Å². The number of hydrogen-bond donors (Lipinski definition) is 1. The zero-order valence-electron chi connectivity index (χ0n) is 9.09. The van der Waals surface area contributed by atoms with E-state index in [1.54, 1.807) is 17.1 Å². The van der Waals surface area contributed by atoms with Crippen LogP contribution >= 0.6 is 11.6 Å². The summed E-state index contributed by atoms with van der Waals surface area (Å²) < 4.78 is 1.71. The highest BCUT2D eigenvalue weighted by Gasteiger charge is 2.09. The molecule has 17 heavy (non-hydrogen) atoms. The lowest BCUT2D eigenvalue weighted by molar-refractivity contribution is 0.102. The molecule has 0 aliphatic heterocycles.